The SMILES string of the molecule is COc1ccc(CC(=O)NCCC[N+](C)(C)CCNC(=O)c2nc(Cl)c(N)nc2N)cc1. The molecule has 0 atom stereocenters. The molecule has 0 unspecified atom stereocenters. The van der Waals surface area contributed by atoms with Crippen molar-refractivity contribution in [3.05, 3.63) is 40.7 Å². The summed E-state index contributed by atoms with van der Waals surface area (Å²) in [5, 5.41) is 5.65. The van der Waals surface area contributed by atoms with E-state index in [1.165, 1.54) is 0 Å². The first kappa shape index (κ1) is 25.2. The second-order valence-electron chi connectivity index (χ2n) is 8.00. The van der Waals surface area contributed by atoms with E-state index in [0.717, 1.165) is 24.3 Å². The van der Waals surface area contributed by atoms with Gasteiger partial charge in [0.15, 0.2) is 22.5 Å². The van der Waals surface area contributed by atoms with Gasteiger partial charge in [0.2, 0.25) is 5.91 Å². The number of rotatable bonds is 11. The first-order chi connectivity index (χ1) is 15.1. The zero-order chi connectivity index (χ0) is 23.7. The molecule has 0 saturated carbocycles. The maximum Gasteiger partial charge on any atom is 0.273 e. The first-order valence-electron chi connectivity index (χ1n) is 10.2. The smallest absolute Gasteiger partial charge is 0.273 e. The predicted octanol–water partition coefficient (Wildman–Crippen LogP) is 0.858. The van der Waals surface area contributed by atoms with Gasteiger partial charge in [-0.05, 0) is 17.7 Å². The molecule has 6 N–H and O–H groups in total. The van der Waals surface area contributed by atoms with Crippen molar-refractivity contribution in [2.24, 2.45) is 0 Å². The Labute approximate surface area is 192 Å². The van der Waals surface area contributed by atoms with Gasteiger partial charge in [0.05, 0.1) is 47.3 Å². The van der Waals surface area contributed by atoms with Crippen molar-refractivity contribution in [3.8, 4) is 5.75 Å². The molecule has 0 radical (unpaired) electrons. The van der Waals surface area contributed by atoms with Gasteiger partial charge in [-0.3, -0.25) is 9.59 Å². The quantitative estimate of drug-likeness (QED) is 0.285. The normalized spacial score (nSPS) is 11.1. The van der Waals surface area contributed by atoms with Gasteiger partial charge in [-0.2, -0.15) is 0 Å². The largest absolute Gasteiger partial charge is 0.497 e. The minimum absolute atomic E-state index is 0.0189. The number of benzene rings is 1. The minimum Gasteiger partial charge on any atom is -0.497 e. The van der Waals surface area contributed by atoms with Crippen molar-refractivity contribution in [2.45, 2.75) is 12.8 Å². The van der Waals surface area contributed by atoms with Crippen LogP contribution in [0.5, 0.6) is 5.75 Å². The van der Waals surface area contributed by atoms with Crippen molar-refractivity contribution in [1.29, 1.82) is 0 Å². The number of methoxy groups -OCH3 is 1. The summed E-state index contributed by atoms with van der Waals surface area (Å²) in [6, 6.07) is 7.43. The molecule has 0 bridgehead atoms. The third-order valence-corrected chi connectivity index (χ3v) is 5.19. The number of nitrogens with zero attached hydrogens (tertiary/aromatic N) is 3. The lowest BCUT2D eigenvalue weighted by Gasteiger charge is -2.30. The molecule has 2 amide bonds. The fourth-order valence-corrected chi connectivity index (χ4v) is 3.13. The summed E-state index contributed by atoms with van der Waals surface area (Å²) in [4.78, 5) is 32.1. The van der Waals surface area contributed by atoms with Crippen molar-refractivity contribution in [1.82, 2.24) is 20.6 Å². The third-order valence-electron chi connectivity index (χ3n) is 4.91. The average Bonchev–Trinajstić information content (AvgIpc) is 2.74. The highest BCUT2D eigenvalue weighted by Gasteiger charge is 2.18. The summed E-state index contributed by atoms with van der Waals surface area (Å²) >= 11 is 5.82. The standard InChI is InChI=1S/C21H30ClN7O3/c1-29(2,12-10-26-21(31)17-19(23)28-20(24)18(22)27-17)11-4-9-25-16(30)13-14-5-7-15(32-3)8-6-14/h5-8H,4,9-13H2,1-3H3,(H5-,23,24,25,26,28,30,31)/p+1. The zero-order valence-electron chi connectivity index (χ0n) is 18.7. The van der Waals surface area contributed by atoms with Gasteiger partial charge in [0.25, 0.3) is 5.91 Å². The van der Waals surface area contributed by atoms with Crippen molar-refractivity contribution >= 4 is 35.1 Å². The van der Waals surface area contributed by atoms with Gasteiger partial charge in [-0.1, -0.05) is 23.7 Å². The molecule has 10 nitrogen and oxygen atoms in total. The van der Waals surface area contributed by atoms with Crippen LogP contribution in [0.3, 0.4) is 0 Å². The molecule has 2 rings (SSSR count). The fourth-order valence-electron chi connectivity index (χ4n) is 3.00. The number of carbonyl (C=O) groups excluding carboxylic acids is 2. The summed E-state index contributed by atoms with van der Waals surface area (Å²) in [6.45, 7) is 2.51. The molecule has 32 heavy (non-hydrogen) atoms. The Bertz CT molecular complexity index is 936. The maximum absolute atomic E-state index is 12.3. The molecule has 2 aromatic rings. The number of anilines is 2. The second kappa shape index (κ2) is 11.5. The van der Waals surface area contributed by atoms with Gasteiger partial charge in [-0.25, -0.2) is 9.97 Å². The van der Waals surface area contributed by atoms with Crippen molar-refractivity contribution < 1.29 is 18.8 Å². The number of likely N-dealkylation sites (N-methyl/N-ethyl adjacent to an activating group) is 1. The highest BCUT2D eigenvalue weighted by atomic mass is 35.5. The molecule has 0 aliphatic carbocycles. The number of hydrogen-bond donors (Lipinski definition) is 4. The molecule has 11 heteroatoms. The molecule has 174 valence electrons. The topological polar surface area (TPSA) is 145 Å². The van der Waals surface area contributed by atoms with Crippen LogP contribution in [0.25, 0.3) is 0 Å². The lowest BCUT2D eigenvalue weighted by Crippen LogP contribution is -2.46. The van der Waals surface area contributed by atoms with Crippen LogP contribution in [0.1, 0.15) is 22.5 Å². The maximum atomic E-state index is 12.3. The lowest BCUT2D eigenvalue weighted by molar-refractivity contribution is -0.889. The molecule has 0 aliphatic heterocycles. The number of nitrogens with one attached hydrogen (secondary N) is 2. The summed E-state index contributed by atoms with van der Waals surface area (Å²) < 4.78 is 5.78. The number of nitrogen functional groups attached to an aromatic ring is 2. The number of carbonyl (C=O) groups is 2. The van der Waals surface area contributed by atoms with Gasteiger partial charge in [-0.15, -0.1) is 0 Å². The fraction of sp³-hybridized carbons (Fsp3) is 0.429. The predicted molar refractivity (Wildman–Crippen MR) is 124 cm³/mol. The summed E-state index contributed by atoms with van der Waals surface area (Å²) in [6.07, 6.45) is 1.14. The van der Waals surface area contributed by atoms with Crippen LogP contribution in [-0.4, -0.2) is 73.6 Å². The van der Waals surface area contributed by atoms with E-state index in [1.54, 1.807) is 7.11 Å². The van der Waals surface area contributed by atoms with E-state index >= 15 is 0 Å². The van der Waals surface area contributed by atoms with Crippen LogP contribution < -0.4 is 26.8 Å². The van der Waals surface area contributed by atoms with Crippen LogP contribution >= 0.6 is 11.6 Å². The van der Waals surface area contributed by atoms with Gasteiger partial charge in [0.1, 0.15) is 5.75 Å². The highest BCUT2D eigenvalue weighted by Crippen LogP contribution is 2.17. The molecule has 0 saturated heterocycles. The highest BCUT2D eigenvalue weighted by molar-refractivity contribution is 6.31. The van der Waals surface area contributed by atoms with Crippen LogP contribution in [0.2, 0.25) is 5.15 Å². The van der Waals surface area contributed by atoms with E-state index in [2.05, 4.69) is 34.7 Å². The number of amides is 2. The molecular formula is C21H31ClN7O3+. The zero-order valence-corrected chi connectivity index (χ0v) is 19.4. The van der Waals surface area contributed by atoms with Crippen molar-refractivity contribution in [2.75, 3.05) is 58.9 Å². The number of halogens is 1. The van der Waals surface area contributed by atoms with Crippen LogP contribution in [0, 0.1) is 0 Å². The van der Waals surface area contributed by atoms with E-state index in [-0.39, 0.29) is 28.4 Å². The Morgan fingerprint density at radius 3 is 2.38 bits per heavy atom. The first-order valence-corrected chi connectivity index (χ1v) is 10.6. The Morgan fingerprint density at radius 1 is 1.03 bits per heavy atom. The van der Waals surface area contributed by atoms with E-state index in [9.17, 15) is 9.59 Å². The Balaban J connectivity index is 1.68. The van der Waals surface area contributed by atoms with E-state index in [0.29, 0.717) is 30.5 Å². The van der Waals surface area contributed by atoms with Crippen molar-refractivity contribution in [3.63, 3.8) is 0 Å². The molecular weight excluding hydrogens is 434 g/mol. The molecule has 1 aromatic carbocycles. The number of nitrogens with two attached hydrogens (primary N) is 2. The molecule has 0 spiro atoms. The molecule has 1 aromatic heterocycles. The minimum atomic E-state index is -0.456. The van der Waals surface area contributed by atoms with E-state index in [4.69, 9.17) is 27.8 Å². The number of hydrogen-bond acceptors (Lipinski definition) is 7. The second-order valence-corrected chi connectivity index (χ2v) is 8.36. The Kier molecular flexibility index (Phi) is 9.03. The molecule has 0 fully saturated rings. The van der Waals surface area contributed by atoms with Gasteiger partial charge in [0, 0.05) is 13.0 Å². The van der Waals surface area contributed by atoms with Crippen LogP contribution in [0.4, 0.5) is 11.6 Å². The van der Waals surface area contributed by atoms with Crippen LogP contribution in [0.15, 0.2) is 24.3 Å². The number of ether oxygens (including phenoxy) is 1. The summed E-state index contributed by atoms with van der Waals surface area (Å²) in [5.41, 5.74) is 12.1. The monoisotopic (exact) mass is 464 g/mol. The molecule has 0 aliphatic rings. The number of quaternary nitrogens is 1. The van der Waals surface area contributed by atoms with Gasteiger partial charge >= 0.3 is 0 Å². The van der Waals surface area contributed by atoms with Crippen LogP contribution in [-0.2, 0) is 11.2 Å². The Morgan fingerprint density at radius 2 is 1.72 bits per heavy atom. The Hall–Kier alpha value is -3.11. The average molecular weight is 465 g/mol. The van der Waals surface area contributed by atoms with E-state index in [1.807, 2.05) is 24.3 Å². The van der Waals surface area contributed by atoms with Gasteiger partial charge < -0.3 is 31.3 Å². The van der Waals surface area contributed by atoms with E-state index < -0.39 is 5.91 Å². The molecule has 1 heterocycles. The lowest BCUT2D eigenvalue weighted by atomic mass is 10.1. The summed E-state index contributed by atoms with van der Waals surface area (Å²) in [5.74, 6) is 0.202. The number of aromatic nitrogens is 2. The summed E-state index contributed by atoms with van der Waals surface area (Å²) in [7, 11) is 5.72. The third kappa shape index (κ3) is 7.86.